The van der Waals surface area contributed by atoms with Crippen molar-refractivity contribution in [3.05, 3.63) is 0 Å². The molecular formula is C9H22NO+. The van der Waals surface area contributed by atoms with Crippen LogP contribution in [-0.4, -0.2) is 37.0 Å². The van der Waals surface area contributed by atoms with E-state index in [1.54, 1.807) is 0 Å². The quantitative estimate of drug-likeness (QED) is 0.368. The van der Waals surface area contributed by atoms with Gasteiger partial charge >= 0.3 is 0 Å². The number of hydrogen-bond donors (Lipinski definition) is 1. The summed E-state index contributed by atoms with van der Waals surface area (Å²) in [6.07, 6.45) is 4.34. The molecule has 1 unspecified atom stereocenters. The van der Waals surface area contributed by atoms with Gasteiger partial charge in [-0.15, -0.1) is 0 Å². The molecule has 0 aliphatic rings. The molecule has 68 valence electrons. The van der Waals surface area contributed by atoms with Gasteiger partial charge in [0.15, 0.2) is 6.23 Å². The monoisotopic (exact) mass is 160 g/mol. The maximum atomic E-state index is 9.58. The third-order valence-electron chi connectivity index (χ3n) is 1.96. The summed E-state index contributed by atoms with van der Waals surface area (Å²) in [5, 5.41) is 9.58. The molecule has 2 nitrogen and oxygen atoms in total. The molecule has 0 saturated heterocycles. The van der Waals surface area contributed by atoms with E-state index in [0.717, 1.165) is 12.8 Å². The number of rotatable bonds is 5. The molecule has 0 aliphatic carbocycles. The fraction of sp³-hybridized carbons (Fsp3) is 1.00. The topological polar surface area (TPSA) is 20.2 Å². The lowest BCUT2D eigenvalue weighted by molar-refractivity contribution is -0.919. The molecular weight excluding hydrogens is 138 g/mol. The standard InChI is InChI=1S/C9H22NO/c1-5-6-7-8-9(11)10(2,3)4/h9,11H,5-8H2,1-4H3/q+1. The molecule has 0 fully saturated rings. The van der Waals surface area contributed by atoms with Crippen LogP contribution in [0, 0.1) is 0 Å². The maximum absolute atomic E-state index is 9.58. The van der Waals surface area contributed by atoms with E-state index in [1.807, 2.05) is 21.1 Å². The SMILES string of the molecule is CCCCCC(O)[N+](C)(C)C. The summed E-state index contributed by atoms with van der Waals surface area (Å²) < 4.78 is 0.656. The normalized spacial score (nSPS) is 15.0. The van der Waals surface area contributed by atoms with Crippen LogP contribution in [0.5, 0.6) is 0 Å². The van der Waals surface area contributed by atoms with E-state index >= 15 is 0 Å². The zero-order chi connectivity index (χ0) is 8.91. The van der Waals surface area contributed by atoms with Crippen molar-refractivity contribution >= 4 is 0 Å². The van der Waals surface area contributed by atoms with Gasteiger partial charge in [0, 0.05) is 6.42 Å². The second-order valence-corrected chi connectivity index (χ2v) is 4.09. The van der Waals surface area contributed by atoms with Crippen molar-refractivity contribution in [2.75, 3.05) is 21.1 Å². The minimum atomic E-state index is -0.193. The van der Waals surface area contributed by atoms with E-state index < -0.39 is 0 Å². The minimum Gasteiger partial charge on any atom is -0.345 e. The molecule has 0 rings (SSSR count). The number of unbranched alkanes of at least 4 members (excludes halogenated alkanes) is 2. The van der Waals surface area contributed by atoms with Crippen LogP contribution < -0.4 is 0 Å². The molecule has 0 bridgehead atoms. The largest absolute Gasteiger partial charge is 0.345 e. The molecule has 0 saturated carbocycles. The highest BCUT2D eigenvalue weighted by Crippen LogP contribution is 2.09. The average molecular weight is 160 g/mol. The summed E-state index contributed by atoms with van der Waals surface area (Å²) in [7, 11) is 6.07. The Hall–Kier alpha value is -0.0800. The predicted molar refractivity (Wildman–Crippen MR) is 48.2 cm³/mol. The van der Waals surface area contributed by atoms with Gasteiger partial charge in [0.25, 0.3) is 0 Å². The van der Waals surface area contributed by atoms with Crippen molar-refractivity contribution in [3.63, 3.8) is 0 Å². The molecule has 0 amide bonds. The Bertz CT molecular complexity index is 96.2. The lowest BCUT2D eigenvalue weighted by atomic mass is 10.2. The Kier molecular flexibility index (Phi) is 4.69. The first-order chi connectivity index (χ1) is 4.98. The Morgan fingerprint density at radius 2 is 1.73 bits per heavy atom. The first-order valence-corrected chi connectivity index (χ1v) is 4.47. The van der Waals surface area contributed by atoms with Gasteiger partial charge in [-0.2, -0.15) is 0 Å². The second-order valence-electron chi connectivity index (χ2n) is 4.09. The Balaban J connectivity index is 3.44. The molecule has 1 atom stereocenters. The first-order valence-electron chi connectivity index (χ1n) is 4.47. The number of quaternary nitrogens is 1. The van der Waals surface area contributed by atoms with E-state index in [4.69, 9.17) is 0 Å². The van der Waals surface area contributed by atoms with Crippen LogP contribution in [0.25, 0.3) is 0 Å². The van der Waals surface area contributed by atoms with Crippen molar-refractivity contribution in [3.8, 4) is 0 Å². The zero-order valence-electron chi connectivity index (χ0n) is 8.30. The summed E-state index contributed by atoms with van der Waals surface area (Å²) in [5.41, 5.74) is 0. The summed E-state index contributed by atoms with van der Waals surface area (Å²) in [6, 6.07) is 0. The van der Waals surface area contributed by atoms with Gasteiger partial charge in [-0.1, -0.05) is 19.8 Å². The zero-order valence-corrected chi connectivity index (χ0v) is 8.30. The van der Waals surface area contributed by atoms with Crippen molar-refractivity contribution in [1.82, 2.24) is 0 Å². The molecule has 0 heterocycles. The van der Waals surface area contributed by atoms with Gasteiger partial charge in [0.1, 0.15) is 0 Å². The van der Waals surface area contributed by atoms with Gasteiger partial charge in [-0.3, -0.25) is 0 Å². The fourth-order valence-corrected chi connectivity index (χ4v) is 0.964. The van der Waals surface area contributed by atoms with Crippen molar-refractivity contribution in [2.24, 2.45) is 0 Å². The highest BCUT2D eigenvalue weighted by Gasteiger charge is 2.18. The van der Waals surface area contributed by atoms with Gasteiger partial charge in [0.05, 0.1) is 21.1 Å². The lowest BCUT2D eigenvalue weighted by Crippen LogP contribution is -2.44. The molecule has 0 aromatic rings. The van der Waals surface area contributed by atoms with E-state index in [9.17, 15) is 5.11 Å². The Labute approximate surface area is 70.4 Å². The predicted octanol–water partition coefficient (Wildman–Crippen LogP) is 1.59. The van der Waals surface area contributed by atoms with Crippen molar-refractivity contribution < 1.29 is 9.59 Å². The fourth-order valence-electron chi connectivity index (χ4n) is 0.964. The van der Waals surface area contributed by atoms with E-state index in [1.165, 1.54) is 12.8 Å². The molecule has 0 aliphatic heterocycles. The van der Waals surface area contributed by atoms with Crippen LogP contribution in [0.15, 0.2) is 0 Å². The number of nitrogens with zero attached hydrogens (tertiary/aromatic N) is 1. The van der Waals surface area contributed by atoms with Crippen LogP contribution in [0.3, 0.4) is 0 Å². The Morgan fingerprint density at radius 3 is 2.09 bits per heavy atom. The summed E-state index contributed by atoms with van der Waals surface area (Å²) in [6.45, 7) is 2.18. The molecule has 0 aromatic heterocycles. The summed E-state index contributed by atoms with van der Waals surface area (Å²) in [5.74, 6) is 0. The first kappa shape index (κ1) is 10.9. The molecule has 1 N–H and O–H groups in total. The highest BCUT2D eigenvalue weighted by atomic mass is 16.3. The molecule has 0 aromatic carbocycles. The average Bonchev–Trinajstić information content (AvgIpc) is 1.86. The lowest BCUT2D eigenvalue weighted by Gasteiger charge is -2.29. The molecule has 0 spiro atoms. The van der Waals surface area contributed by atoms with Crippen molar-refractivity contribution in [2.45, 2.75) is 38.8 Å². The van der Waals surface area contributed by atoms with Crippen molar-refractivity contribution in [1.29, 1.82) is 0 Å². The molecule has 0 radical (unpaired) electrons. The number of hydrogen-bond acceptors (Lipinski definition) is 1. The Morgan fingerprint density at radius 1 is 1.18 bits per heavy atom. The van der Waals surface area contributed by atoms with Gasteiger partial charge in [-0.05, 0) is 6.42 Å². The van der Waals surface area contributed by atoms with E-state index in [2.05, 4.69) is 6.92 Å². The van der Waals surface area contributed by atoms with Crippen LogP contribution in [0.1, 0.15) is 32.6 Å². The minimum absolute atomic E-state index is 0.193. The van der Waals surface area contributed by atoms with Gasteiger partial charge in [0.2, 0.25) is 0 Å². The van der Waals surface area contributed by atoms with E-state index in [-0.39, 0.29) is 6.23 Å². The number of aliphatic hydroxyl groups excluding tert-OH is 1. The molecule has 2 heteroatoms. The van der Waals surface area contributed by atoms with Crippen LogP contribution in [0.2, 0.25) is 0 Å². The third-order valence-corrected chi connectivity index (χ3v) is 1.96. The summed E-state index contributed by atoms with van der Waals surface area (Å²) >= 11 is 0. The van der Waals surface area contributed by atoms with E-state index in [0.29, 0.717) is 4.48 Å². The van der Waals surface area contributed by atoms with Gasteiger partial charge < -0.3 is 9.59 Å². The van der Waals surface area contributed by atoms with Crippen LogP contribution in [-0.2, 0) is 0 Å². The second kappa shape index (κ2) is 4.73. The molecule has 11 heavy (non-hydrogen) atoms. The number of aliphatic hydroxyl groups is 1. The summed E-state index contributed by atoms with van der Waals surface area (Å²) in [4.78, 5) is 0. The third kappa shape index (κ3) is 5.22. The smallest absolute Gasteiger partial charge is 0.189 e. The van der Waals surface area contributed by atoms with Gasteiger partial charge in [-0.25, -0.2) is 0 Å². The maximum Gasteiger partial charge on any atom is 0.189 e. The highest BCUT2D eigenvalue weighted by molar-refractivity contribution is 4.43. The van der Waals surface area contributed by atoms with Crippen LogP contribution in [0.4, 0.5) is 0 Å². The van der Waals surface area contributed by atoms with Crippen LogP contribution >= 0.6 is 0 Å².